The SMILES string of the molecule is CC(OC(=O)NC1(c2cc(Cl)cc(Cl)c2)CC1)C(C)(C)N. The number of benzene rings is 1. The Morgan fingerprint density at radius 1 is 1.33 bits per heavy atom. The van der Waals surface area contributed by atoms with Gasteiger partial charge in [-0.25, -0.2) is 4.79 Å². The molecule has 116 valence electrons. The van der Waals surface area contributed by atoms with Crippen LogP contribution >= 0.6 is 23.2 Å². The zero-order chi connectivity index (χ0) is 15.8. The van der Waals surface area contributed by atoms with E-state index in [1.807, 2.05) is 26.0 Å². The summed E-state index contributed by atoms with van der Waals surface area (Å²) in [6.07, 6.45) is 0.795. The van der Waals surface area contributed by atoms with Crippen LogP contribution in [0.25, 0.3) is 0 Å². The summed E-state index contributed by atoms with van der Waals surface area (Å²) in [5.74, 6) is 0. The van der Waals surface area contributed by atoms with Crippen molar-refractivity contribution in [2.45, 2.75) is 50.8 Å². The Balaban J connectivity index is 2.07. The molecule has 1 amide bonds. The Morgan fingerprint density at radius 3 is 2.29 bits per heavy atom. The minimum atomic E-state index is -0.590. The number of nitrogens with two attached hydrogens (primary N) is 1. The molecule has 0 spiro atoms. The monoisotopic (exact) mass is 330 g/mol. The van der Waals surface area contributed by atoms with Crippen molar-refractivity contribution in [3.8, 4) is 0 Å². The first-order chi connectivity index (χ1) is 9.62. The third-order valence-electron chi connectivity index (χ3n) is 3.84. The molecule has 0 heterocycles. The number of hydrogen-bond acceptors (Lipinski definition) is 3. The Morgan fingerprint density at radius 2 is 1.86 bits per heavy atom. The average molecular weight is 331 g/mol. The zero-order valence-corrected chi connectivity index (χ0v) is 13.9. The van der Waals surface area contributed by atoms with Gasteiger partial charge in [-0.05, 0) is 57.4 Å². The fraction of sp³-hybridized carbons (Fsp3) is 0.533. The van der Waals surface area contributed by atoms with E-state index in [0.717, 1.165) is 18.4 Å². The van der Waals surface area contributed by atoms with Gasteiger partial charge in [0, 0.05) is 15.6 Å². The molecule has 0 saturated heterocycles. The van der Waals surface area contributed by atoms with E-state index in [-0.39, 0.29) is 0 Å². The molecular formula is C15H20Cl2N2O2. The van der Waals surface area contributed by atoms with Crippen molar-refractivity contribution < 1.29 is 9.53 Å². The molecule has 1 aliphatic carbocycles. The Hall–Kier alpha value is -0.970. The Bertz CT molecular complexity index is 531. The molecule has 0 aliphatic heterocycles. The van der Waals surface area contributed by atoms with E-state index >= 15 is 0 Å². The van der Waals surface area contributed by atoms with Gasteiger partial charge in [0.2, 0.25) is 0 Å². The van der Waals surface area contributed by atoms with Crippen molar-refractivity contribution in [1.82, 2.24) is 5.32 Å². The van der Waals surface area contributed by atoms with Gasteiger partial charge in [-0.2, -0.15) is 0 Å². The third kappa shape index (κ3) is 4.02. The van der Waals surface area contributed by atoms with Crippen LogP contribution in [0.2, 0.25) is 10.0 Å². The molecule has 0 aromatic heterocycles. The third-order valence-corrected chi connectivity index (χ3v) is 4.27. The van der Waals surface area contributed by atoms with Gasteiger partial charge in [0.15, 0.2) is 0 Å². The number of alkyl carbamates (subject to hydrolysis) is 1. The van der Waals surface area contributed by atoms with Gasteiger partial charge in [0.05, 0.1) is 5.54 Å². The molecule has 1 atom stereocenters. The summed E-state index contributed by atoms with van der Waals surface area (Å²) in [5, 5.41) is 4.01. The van der Waals surface area contributed by atoms with Gasteiger partial charge in [0.25, 0.3) is 0 Å². The molecule has 1 aliphatic rings. The topological polar surface area (TPSA) is 64.3 Å². The maximum Gasteiger partial charge on any atom is 0.408 e. The van der Waals surface area contributed by atoms with Crippen molar-refractivity contribution in [3.05, 3.63) is 33.8 Å². The van der Waals surface area contributed by atoms with Crippen molar-refractivity contribution in [1.29, 1.82) is 0 Å². The van der Waals surface area contributed by atoms with Crippen LogP contribution in [0.5, 0.6) is 0 Å². The average Bonchev–Trinajstić information content (AvgIpc) is 3.07. The molecule has 4 nitrogen and oxygen atoms in total. The lowest BCUT2D eigenvalue weighted by molar-refractivity contribution is 0.0669. The lowest BCUT2D eigenvalue weighted by Crippen LogP contribution is -2.48. The standard InChI is InChI=1S/C15H20Cl2N2O2/c1-9(14(2,3)18)21-13(20)19-15(4-5-15)10-6-11(16)8-12(17)7-10/h6-9H,4-5,18H2,1-3H3,(H,19,20). The van der Waals surface area contributed by atoms with Crippen LogP contribution in [0, 0.1) is 0 Å². The Kier molecular flexibility index (Phi) is 4.43. The van der Waals surface area contributed by atoms with Crippen LogP contribution in [-0.2, 0) is 10.3 Å². The van der Waals surface area contributed by atoms with Crippen molar-refractivity contribution in [2.75, 3.05) is 0 Å². The molecule has 2 rings (SSSR count). The number of nitrogens with one attached hydrogen (secondary N) is 1. The van der Waals surface area contributed by atoms with Gasteiger partial charge in [-0.15, -0.1) is 0 Å². The van der Waals surface area contributed by atoms with Crippen LogP contribution in [-0.4, -0.2) is 17.7 Å². The second-order valence-electron chi connectivity index (χ2n) is 6.23. The minimum Gasteiger partial charge on any atom is -0.445 e. The number of amides is 1. The van der Waals surface area contributed by atoms with E-state index in [9.17, 15) is 4.79 Å². The second-order valence-corrected chi connectivity index (χ2v) is 7.11. The summed E-state index contributed by atoms with van der Waals surface area (Å²) in [6, 6.07) is 5.30. The molecule has 1 aromatic carbocycles. The Labute approximate surface area is 134 Å². The molecular weight excluding hydrogens is 311 g/mol. The summed E-state index contributed by atoms with van der Waals surface area (Å²) < 4.78 is 5.33. The molecule has 1 aromatic rings. The van der Waals surface area contributed by atoms with E-state index in [1.54, 1.807) is 13.0 Å². The quantitative estimate of drug-likeness (QED) is 0.881. The van der Waals surface area contributed by atoms with Crippen LogP contribution in [0.1, 0.15) is 39.2 Å². The van der Waals surface area contributed by atoms with Gasteiger partial charge >= 0.3 is 6.09 Å². The predicted octanol–water partition coefficient (Wildman–Crippen LogP) is 3.83. The maximum atomic E-state index is 12.0. The van der Waals surface area contributed by atoms with Gasteiger partial charge in [-0.3, -0.25) is 0 Å². The molecule has 3 N–H and O–H groups in total. The summed E-state index contributed by atoms with van der Waals surface area (Å²) in [7, 11) is 0. The number of halogens is 2. The van der Waals surface area contributed by atoms with E-state index in [2.05, 4.69) is 5.32 Å². The molecule has 6 heteroatoms. The minimum absolute atomic E-state index is 0.392. The number of carbonyl (C=O) groups is 1. The van der Waals surface area contributed by atoms with E-state index < -0.39 is 23.3 Å². The number of ether oxygens (including phenoxy) is 1. The van der Waals surface area contributed by atoms with Gasteiger partial charge in [0.1, 0.15) is 6.10 Å². The van der Waals surface area contributed by atoms with E-state index in [0.29, 0.717) is 10.0 Å². The first-order valence-corrected chi connectivity index (χ1v) is 7.62. The highest BCUT2D eigenvalue weighted by Gasteiger charge is 2.46. The van der Waals surface area contributed by atoms with Crippen LogP contribution in [0.3, 0.4) is 0 Å². The number of hydrogen-bond donors (Lipinski definition) is 2. The molecule has 0 bridgehead atoms. The molecule has 1 saturated carbocycles. The van der Waals surface area contributed by atoms with E-state index in [4.69, 9.17) is 33.7 Å². The van der Waals surface area contributed by atoms with Gasteiger partial charge < -0.3 is 15.8 Å². The summed E-state index contributed by atoms with van der Waals surface area (Å²) in [5.41, 5.74) is 5.80. The molecule has 1 unspecified atom stereocenters. The summed E-state index contributed by atoms with van der Waals surface area (Å²) in [6.45, 7) is 5.40. The van der Waals surface area contributed by atoms with E-state index in [1.165, 1.54) is 0 Å². The lowest BCUT2D eigenvalue weighted by Gasteiger charge is -2.28. The first kappa shape index (κ1) is 16.4. The largest absolute Gasteiger partial charge is 0.445 e. The van der Waals surface area contributed by atoms with Crippen molar-refractivity contribution >= 4 is 29.3 Å². The summed E-state index contributed by atoms with van der Waals surface area (Å²) in [4.78, 5) is 12.0. The number of rotatable bonds is 4. The van der Waals surface area contributed by atoms with Gasteiger partial charge in [-0.1, -0.05) is 23.2 Å². The molecule has 21 heavy (non-hydrogen) atoms. The lowest BCUT2D eigenvalue weighted by atomic mass is 10.0. The highest BCUT2D eigenvalue weighted by Crippen LogP contribution is 2.46. The summed E-state index contributed by atoms with van der Waals surface area (Å²) >= 11 is 12.0. The van der Waals surface area contributed by atoms with Crippen molar-refractivity contribution in [3.63, 3.8) is 0 Å². The first-order valence-electron chi connectivity index (χ1n) is 6.87. The highest BCUT2D eigenvalue weighted by atomic mass is 35.5. The molecule has 0 radical (unpaired) electrons. The molecule has 1 fully saturated rings. The smallest absolute Gasteiger partial charge is 0.408 e. The van der Waals surface area contributed by atoms with Crippen molar-refractivity contribution in [2.24, 2.45) is 5.73 Å². The fourth-order valence-electron chi connectivity index (χ4n) is 1.98. The number of carbonyl (C=O) groups excluding carboxylic acids is 1. The zero-order valence-electron chi connectivity index (χ0n) is 12.4. The van der Waals surface area contributed by atoms with Crippen LogP contribution in [0.4, 0.5) is 4.79 Å². The predicted molar refractivity (Wildman–Crippen MR) is 84.7 cm³/mol. The second kappa shape index (κ2) is 5.67. The van der Waals surface area contributed by atoms with Crippen LogP contribution < -0.4 is 11.1 Å². The fourth-order valence-corrected chi connectivity index (χ4v) is 2.50. The highest BCUT2D eigenvalue weighted by molar-refractivity contribution is 6.34. The normalized spacial score (nSPS) is 18.0. The maximum absolute atomic E-state index is 12.0. The van der Waals surface area contributed by atoms with Crippen LogP contribution in [0.15, 0.2) is 18.2 Å².